The third-order valence-electron chi connectivity index (χ3n) is 3.44. The van der Waals surface area contributed by atoms with E-state index in [1.54, 1.807) is 31.3 Å². The third-order valence-corrected chi connectivity index (χ3v) is 3.44. The summed E-state index contributed by atoms with van der Waals surface area (Å²) in [5.41, 5.74) is 1.72. The Morgan fingerprint density at radius 3 is 2.65 bits per heavy atom. The van der Waals surface area contributed by atoms with Crippen molar-refractivity contribution in [3.8, 4) is 11.4 Å². The summed E-state index contributed by atoms with van der Waals surface area (Å²) >= 11 is 0. The normalized spacial score (nSPS) is 14.6. The molecule has 0 radical (unpaired) electrons. The van der Waals surface area contributed by atoms with Gasteiger partial charge in [-0.25, -0.2) is 9.80 Å². The Labute approximate surface area is 131 Å². The van der Waals surface area contributed by atoms with Crippen LogP contribution in [0.5, 0.6) is 0 Å². The van der Waals surface area contributed by atoms with Crippen molar-refractivity contribution >= 4 is 17.6 Å². The van der Waals surface area contributed by atoms with Gasteiger partial charge in [0.15, 0.2) is 0 Å². The molecule has 2 heterocycles. The first-order chi connectivity index (χ1) is 11.1. The maximum atomic E-state index is 11.4. The van der Waals surface area contributed by atoms with Gasteiger partial charge >= 0.3 is 5.97 Å². The number of hydrogen-bond acceptors (Lipinski definition) is 7. The lowest BCUT2D eigenvalue weighted by Gasteiger charge is -2.17. The minimum atomic E-state index is -0.408. The quantitative estimate of drug-likeness (QED) is 0.796. The van der Waals surface area contributed by atoms with Gasteiger partial charge in [0.2, 0.25) is 11.7 Å². The monoisotopic (exact) mass is 314 g/mol. The first-order valence-corrected chi connectivity index (χ1v) is 6.95. The minimum Gasteiger partial charge on any atom is -0.465 e. The fraction of sp³-hybridized carbons (Fsp3) is 0.267. The Morgan fingerprint density at radius 1 is 1.26 bits per heavy atom. The molecule has 1 amide bonds. The zero-order chi connectivity index (χ0) is 16.4. The number of methoxy groups -OCH3 is 1. The van der Waals surface area contributed by atoms with Crippen LogP contribution in [0, 0.1) is 0 Å². The van der Waals surface area contributed by atoms with Crippen LogP contribution >= 0.6 is 0 Å². The van der Waals surface area contributed by atoms with Crippen molar-refractivity contribution in [3.05, 3.63) is 35.7 Å². The molecule has 0 spiro atoms. The fourth-order valence-electron chi connectivity index (χ4n) is 2.15. The van der Waals surface area contributed by atoms with Crippen molar-refractivity contribution in [1.82, 2.24) is 15.1 Å². The van der Waals surface area contributed by atoms with E-state index in [4.69, 9.17) is 4.52 Å². The van der Waals surface area contributed by atoms with Gasteiger partial charge in [0, 0.05) is 25.5 Å². The number of hydrazone groups is 1. The summed E-state index contributed by atoms with van der Waals surface area (Å²) in [5, 5.41) is 9.32. The van der Waals surface area contributed by atoms with E-state index in [1.807, 2.05) is 0 Å². The van der Waals surface area contributed by atoms with Crippen molar-refractivity contribution in [3.63, 3.8) is 0 Å². The Bertz CT molecular complexity index is 779. The standard InChI is InChI=1S/C15H14N4O4/c1-19-12(20)8-7-11(17-19)14-16-13(18-23-14)9-3-5-10(6-4-9)15(21)22-2/h3-6H,7-8H2,1-2H3. The number of carbonyl (C=O) groups is 2. The number of benzene rings is 1. The molecule has 0 bridgehead atoms. The van der Waals surface area contributed by atoms with E-state index in [0.29, 0.717) is 35.5 Å². The number of carbonyl (C=O) groups excluding carboxylic acids is 2. The molecule has 0 fully saturated rings. The van der Waals surface area contributed by atoms with Gasteiger partial charge in [0.05, 0.1) is 12.7 Å². The molecule has 8 heteroatoms. The van der Waals surface area contributed by atoms with E-state index in [0.717, 1.165) is 0 Å². The summed E-state index contributed by atoms with van der Waals surface area (Å²) < 4.78 is 9.87. The fourth-order valence-corrected chi connectivity index (χ4v) is 2.15. The molecule has 2 aromatic rings. The summed E-state index contributed by atoms with van der Waals surface area (Å²) in [6, 6.07) is 6.67. The molecule has 118 valence electrons. The highest BCUT2D eigenvalue weighted by atomic mass is 16.5. The van der Waals surface area contributed by atoms with Gasteiger partial charge in [-0.1, -0.05) is 17.3 Å². The van der Waals surface area contributed by atoms with Crippen molar-refractivity contribution in [2.75, 3.05) is 14.2 Å². The number of hydrogen-bond donors (Lipinski definition) is 0. The highest BCUT2D eigenvalue weighted by Gasteiger charge is 2.22. The van der Waals surface area contributed by atoms with Crippen LogP contribution in [0.25, 0.3) is 11.4 Å². The number of ether oxygens (including phenoxy) is 1. The van der Waals surface area contributed by atoms with Crippen LogP contribution in [0.2, 0.25) is 0 Å². The van der Waals surface area contributed by atoms with E-state index < -0.39 is 5.97 Å². The molecule has 0 aliphatic carbocycles. The molecular weight excluding hydrogens is 300 g/mol. The lowest BCUT2D eigenvalue weighted by atomic mass is 10.1. The summed E-state index contributed by atoms with van der Waals surface area (Å²) in [4.78, 5) is 27.1. The summed E-state index contributed by atoms with van der Waals surface area (Å²) in [5.74, 6) is 0.219. The maximum absolute atomic E-state index is 11.4. The van der Waals surface area contributed by atoms with Gasteiger partial charge in [-0.2, -0.15) is 10.1 Å². The van der Waals surface area contributed by atoms with Gasteiger partial charge in [0.25, 0.3) is 5.89 Å². The van der Waals surface area contributed by atoms with Gasteiger partial charge in [-0.3, -0.25) is 4.79 Å². The molecule has 1 aromatic heterocycles. The summed E-state index contributed by atoms with van der Waals surface area (Å²) in [6.45, 7) is 0. The molecular formula is C15H14N4O4. The Balaban J connectivity index is 1.83. The molecule has 0 N–H and O–H groups in total. The van der Waals surface area contributed by atoms with Crippen LogP contribution < -0.4 is 0 Å². The summed E-state index contributed by atoms with van der Waals surface area (Å²) in [7, 11) is 2.92. The second-order valence-corrected chi connectivity index (χ2v) is 4.96. The van der Waals surface area contributed by atoms with Crippen LogP contribution in [0.4, 0.5) is 0 Å². The molecule has 23 heavy (non-hydrogen) atoms. The lowest BCUT2D eigenvalue weighted by Crippen LogP contribution is -2.28. The molecule has 0 atom stereocenters. The van der Waals surface area contributed by atoms with Gasteiger partial charge in [-0.15, -0.1) is 0 Å². The van der Waals surface area contributed by atoms with Crippen LogP contribution in [0.1, 0.15) is 29.1 Å². The molecule has 1 aliphatic heterocycles. The molecule has 0 saturated heterocycles. The Morgan fingerprint density at radius 2 is 2.00 bits per heavy atom. The first kappa shape index (κ1) is 14.9. The molecule has 0 saturated carbocycles. The third kappa shape index (κ3) is 2.96. The van der Waals surface area contributed by atoms with E-state index in [9.17, 15) is 9.59 Å². The smallest absolute Gasteiger partial charge is 0.337 e. The van der Waals surface area contributed by atoms with E-state index in [1.165, 1.54) is 12.1 Å². The molecule has 3 rings (SSSR count). The van der Waals surface area contributed by atoms with Crippen molar-refractivity contribution in [2.45, 2.75) is 12.8 Å². The number of esters is 1. The van der Waals surface area contributed by atoms with Crippen LogP contribution in [-0.2, 0) is 9.53 Å². The minimum absolute atomic E-state index is 0.0492. The summed E-state index contributed by atoms with van der Waals surface area (Å²) in [6.07, 6.45) is 0.826. The number of nitrogens with zero attached hydrogens (tertiary/aromatic N) is 4. The zero-order valence-corrected chi connectivity index (χ0v) is 12.6. The molecule has 1 aliphatic rings. The van der Waals surface area contributed by atoms with Gasteiger partial charge in [-0.05, 0) is 12.1 Å². The average molecular weight is 314 g/mol. The van der Waals surface area contributed by atoms with Crippen molar-refractivity contribution in [1.29, 1.82) is 0 Å². The molecule has 0 unspecified atom stereocenters. The Hall–Kier alpha value is -3.03. The SMILES string of the molecule is COC(=O)c1ccc(-c2noc(C3=NN(C)C(=O)CC3)n2)cc1. The van der Waals surface area contributed by atoms with E-state index in [2.05, 4.69) is 20.0 Å². The number of aromatic nitrogens is 2. The van der Waals surface area contributed by atoms with E-state index >= 15 is 0 Å². The predicted octanol–water partition coefficient (Wildman–Crippen LogP) is 1.48. The largest absolute Gasteiger partial charge is 0.465 e. The van der Waals surface area contributed by atoms with Crippen LogP contribution in [0.3, 0.4) is 0 Å². The zero-order valence-electron chi connectivity index (χ0n) is 12.6. The lowest BCUT2D eigenvalue weighted by molar-refractivity contribution is -0.130. The first-order valence-electron chi connectivity index (χ1n) is 6.95. The molecule has 1 aromatic carbocycles. The average Bonchev–Trinajstić information content (AvgIpc) is 3.07. The predicted molar refractivity (Wildman–Crippen MR) is 79.6 cm³/mol. The maximum Gasteiger partial charge on any atom is 0.337 e. The van der Waals surface area contributed by atoms with E-state index in [-0.39, 0.29) is 11.8 Å². The van der Waals surface area contributed by atoms with Crippen molar-refractivity contribution in [2.24, 2.45) is 5.10 Å². The second-order valence-electron chi connectivity index (χ2n) is 4.96. The highest BCUT2D eigenvalue weighted by Crippen LogP contribution is 2.19. The second kappa shape index (κ2) is 5.99. The Kier molecular flexibility index (Phi) is 3.88. The van der Waals surface area contributed by atoms with Crippen LogP contribution in [0.15, 0.2) is 33.9 Å². The van der Waals surface area contributed by atoms with Crippen LogP contribution in [-0.4, -0.2) is 46.9 Å². The highest BCUT2D eigenvalue weighted by molar-refractivity contribution is 6.01. The molecule has 8 nitrogen and oxygen atoms in total. The van der Waals surface area contributed by atoms with Gasteiger partial charge < -0.3 is 9.26 Å². The topological polar surface area (TPSA) is 97.9 Å². The van der Waals surface area contributed by atoms with Crippen molar-refractivity contribution < 1.29 is 18.8 Å². The van der Waals surface area contributed by atoms with Gasteiger partial charge in [0.1, 0.15) is 5.71 Å². The number of rotatable bonds is 3. The number of amides is 1.